The summed E-state index contributed by atoms with van der Waals surface area (Å²) in [6.45, 7) is 6.30. The van der Waals surface area contributed by atoms with Crippen molar-refractivity contribution in [2.24, 2.45) is 0 Å². The van der Waals surface area contributed by atoms with Crippen LogP contribution in [0.2, 0.25) is 0 Å². The average molecular weight is 277 g/mol. The van der Waals surface area contributed by atoms with E-state index in [0.29, 0.717) is 6.04 Å². The first-order chi connectivity index (χ1) is 9.69. The zero-order chi connectivity index (χ0) is 14.4. The molecule has 1 unspecified atom stereocenters. The topological polar surface area (TPSA) is 58.4 Å². The lowest BCUT2D eigenvalue weighted by atomic mass is 10.1. The summed E-state index contributed by atoms with van der Waals surface area (Å²) < 4.78 is 0. The van der Waals surface area contributed by atoms with Crippen LogP contribution in [0.25, 0.3) is 0 Å². The van der Waals surface area contributed by atoms with Crippen molar-refractivity contribution in [1.29, 1.82) is 0 Å². The zero-order valence-electron chi connectivity index (χ0n) is 12.0. The molecule has 0 saturated carbocycles. The molecule has 0 radical (unpaired) electrons. The number of nitro benzene ring substituents is 1. The highest BCUT2D eigenvalue weighted by molar-refractivity contribution is 5.32. The van der Waals surface area contributed by atoms with Gasteiger partial charge in [-0.15, -0.1) is 0 Å². The van der Waals surface area contributed by atoms with Crippen LogP contribution in [0.3, 0.4) is 0 Å². The molecule has 0 aromatic heterocycles. The molecule has 0 bridgehead atoms. The Balaban J connectivity index is 1.93. The van der Waals surface area contributed by atoms with Crippen molar-refractivity contribution < 1.29 is 4.92 Å². The second-order valence-electron chi connectivity index (χ2n) is 5.45. The van der Waals surface area contributed by atoms with Gasteiger partial charge >= 0.3 is 0 Å². The highest BCUT2D eigenvalue weighted by Crippen LogP contribution is 2.15. The number of hydrogen-bond donors (Lipinski definition) is 1. The van der Waals surface area contributed by atoms with Gasteiger partial charge in [0, 0.05) is 31.3 Å². The Morgan fingerprint density at radius 1 is 1.40 bits per heavy atom. The summed E-state index contributed by atoms with van der Waals surface area (Å²) in [6, 6.07) is 7.51. The second kappa shape index (κ2) is 7.36. The van der Waals surface area contributed by atoms with Gasteiger partial charge in [0.15, 0.2) is 0 Å². The number of benzene rings is 1. The molecule has 0 amide bonds. The molecule has 1 N–H and O–H groups in total. The number of nitrogens with zero attached hydrogens (tertiary/aromatic N) is 2. The molecule has 1 saturated heterocycles. The van der Waals surface area contributed by atoms with E-state index in [4.69, 9.17) is 0 Å². The Hall–Kier alpha value is -1.46. The van der Waals surface area contributed by atoms with Crippen molar-refractivity contribution in [3.8, 4) is 0 Å². The molecule has 110 valence electrons. The highest BCUT2D eigenvalue weighted by atomic mass is 16.6. The lowest BCUT2D eigenvalue weighted by molar-refractivity contribution is -0.384. The SMILES string of the molecule is CCCN(Cc1ccc([N+](=O)[O-])cc1)CC1CCCN1. The van der Waals surface area contributed by atoms with E-state index in [9.17, 15) is 10.1 Å². The van der Waals surface area contributed by atoms with E-state index in [2.05, 4.69) is 17.1 Å². The second-order valence-corrected chi connectivity index (χ2v) is 5.45. The first-order valence-electron chi connectivity index (χ1n) is 7.38. The van der Waals surface area contributed by atoms with Crippen LogP contribution in [0, 0.1) is 10.1 Å². The monoisotopic (exact) mass is 277 g/mol. The van der Waals surface area contributed by atoms with Crippen LogP contribution in [0.15, 0.2) is 24.3 Å². The van der Waals surface area contributed by atoms with E-state index in [1.165, 1.54) is 12.8 Å². The first kappa shape index (κ1) is 14.9. The first-order valence-corrected chi connectivity index (χ1v) is 7.38. The molecule has 1 aromatic rings. The third-order valence-corrected chi connectivity index (χ3v) is 3.73. The molecule has 2 rings (SSSR count). The van der Waals surface area contributed by atoms with Gasteiger partial charge in [-0.3, -0.25) is 15.0 Å². The van der Waals surface area contributed by atoms with Crippen LogP contribution in [-0.4, -0.2) is 35.5 Å². The predicted octanol–water partition coefficient (Wildman–Crippen LogP) is 2.56. The van der Waals surface area contributed by atoms with Crippen molar-refractivity contribution in [3.63, 3.8) is 0 Å². The zero-order valence-corrected chi connectivity index (χ0v) is 12.0. The molecule has 1 heterocycles. The van der Waals surface area contributed by atoms with Gasteiger partial charge in [0.2, 0.25) is 0 Å². The maximum atomic E-state index is 10.7. The van der Waals surface area contributed by atoms with E-state index in [1.54, 1.807) is 12.1 Å². The number of rotatable bonds is 7. The van der Waals surface area contributed by atoms with Crippen molar-refractivity contribution in [2.75, 3.05) is 19.6 Å². The van der Waals surface area contributed by atoms with Gasteiger partial charge in [-0.2, -0.15) is 0 Å². The Kier molecular flexibility index (Phi) is 5.49. The molecule has 0 aliphatic carbocycles. The maximum Gasteiger partial charge on any atom is 0.269 e. The molecular weight excluding hydrogens is 254 g/mol. The third-order valence-electron chi connectivity index (χ3n) is 3.73. The molecule has 5 heteroatoms. The molecule has 20 heavy (non-hydrogen) atoms. The van der Waals surface area contributed by atoms with E-state index in [1.807, 2.05) is 12.1 Å². The van der Waals surface area contributed by atoms with Crippen LogP contribution in [0.5, 0.6) is 0 Å². The lowest BCUT2D eigenvalue weighted by Gasteiger charge is -2.25. The normalized spacial score (nSPS) is 18.6. The maximum absolute atomic E-state index is 10.7. The average Bonchev–Trinajstić information content (AvgIpc) is 2.92. The minimum atomic E-state index is -0.351. The largest absolute Gasteiger partial charge is 0.313 e. The summed E-state index contributed by atoms with van der Waals surface area (Å²) >= 11 is 0. The molecule has 1 aromatic carbocycles. The van der Waals surface area contributed by atoms with Gasteiger partial charge in [-0.05, 0) is 37.9 Å². The van der Waals surface area contributed by atoms with Crippen molar-refractivity contribution in [1.82, 2.24) is 10.2 Å². The van der Waals surface area contributed by atoms with Crippen molar-refractivity contribution in [2.45, 2.75) is 38.8 Å². The van der Waals surface area contributed by atoms with Gasteiger partial charge < -0.3 is 5.32 Å². The molecule has 1 aliphatic rings. The summed E-state index contributed by atoms with van der Waals surface area (Å²) in [5.74, 6) is 0. The van der Waals surface area contributed by atoms with Gasteiger partial charge in [0.25, 0.3) is 5.69 Å². The minimum Gasteiger partial charge on any atom is -0.313 e. The standard InChI is InChI=1S/C15H23N3O2/c1-2-10-17(12-14-4-3-9-16-14)11-13-5-7-15(8-6-13)18(19)20/h5-8,14,16H,2-4,9-12H2,1H3. The summed E-state index contributed by atoms with van der Waals surface area (Å²) in [7, 11) is 0. The number of non-ortho nitro benzene ring substituents is 1. The fourth-order valence-electron chi connectivity index (χ4n) is 2.76. The molecule has 1 aliphatic heterocycles. The summed E-state index contributed by atoms with van der Waals surface area (Å²) in [5, 5.41) is 14.2. The number of nitrogens with one attached hydrogen (secondary N) is 1. The Morgan fingerprint density at radius 3 is 2.70 bits per heavy atom. The molecule has 1 atom stereocenters. The molecular formula is C15H23N3O2. The van der Waals surface area contributed by atoms with E-state index in [-0.39, 0.29) is 10.6 Å². The summed E-state index contributed by atoms with van der Waals surface area (Å²) in [4.78, 5) is 12.7. The van der Waals surface area contributed by atoms with Crippen LogP contribution in [-0.2, 0) is 6.54 Å². The van der Waals surface area contributed by atoms with Crippen LogP contribution in [0.4, 0.5) is 5.69 Å². The number of hydrogen-bond acceptors (Lipinski definition) is 4. The quantitative estimate of drug-likeness (QED) is 0.614. The van der Waals surface area contributed by atoms with Gasteiger partial charge in [0.1, 0.15) is 0 Å². The van der Waals surface area contributed by atoms with Crippen molar-refractivity contribution >= 4 is 5.69 Å². The summed E-state index contributed by atoms with van der Waals surface area (Å²) in [5.41, 5.74) is 1.30. The highest BCUT2D eigenvalue weighted by Gasteiger charge is 2.17. The van der Waals surface area contributed by atoms with Crippen LogP contribution >= 0.6 is 0 Å². The van der Waals surface area contributed by atoms with Gasteiger partial charge in [0.05, 0.1) is 4.92 Å². The third kappa shape index (κ3) is 4.28. The van der Waals surface area contributed by atoms with Crippen LogP contribution in [0.1, 0.15) is 31.7 Å². The number of nitro groups is 1. The van der Waals surface area contributed by atoms with E-state index in [0.717, 1.165) is 38.2 Å². The molecule has 0 spiro atoms. The summed E-state index contributed by atoms with van der Waals surface area (Å²) in [6.07, 6.45) is 3.64. The Morgan fingerprint density at radius 2 is 2.15 bits per heavy atom. The smallest absolute Gasteiger partial charge is 0.269 e. The Labute approximate surface area is 120 Å². The fraction of sp³-hybridized carbons (Fsp3) is 0.600. The molecule has 5 nitrogen and oxygen atoms in total. The Bertz CT molecular complexity index is 427. The lowest BCUT2D eigenvalue weighted by Crippen LogP contribution is -2.37. The minimum absolute atomic E-state index is 0.160. The van der Waals surface area contributed by atoms with E-state index < -0.39 is 0 Å². The molecule has 1 fully saturated rings. The van der Waals surface area contributed by atoms with Crippen molar-refractivity contribution in [3.05, 3.63) is 39.9 Å². The van der Waals surface area contributed by atoms with Crippen LogP contribution < -0.4 is 5.32 Å². The fourth-order valence-corrected chi connectivity index (χ4v) is 2.76. The predicted molar refractivity (Wildman–Crippen MR) is 79.7 cm³/mol. The van der Waals surface area contributed by atoms with Gasteiger partial charge in [-0.1, -0.05) is 19.1 Å². The van der Waals surface area contributed by atoms with E-state index >= 15 is 0 Å². The van der Waals surface area contributed by atoms with Gasteiger partial charge in [-0.25, -0.2) is 0 Å².